The van der Waals surface area contributed by atoms with Crippen LogP contribution < -0.4 is 5.73 Å². The van der Waals surface area contributed by atoms with Gasteiger partial charge in [0.15, 0.2) is 0 Å². The third-order valence-electron chi connectivity index (χ3n) is 1.15. The van der Waals surface area contributed by atoms with E-state index in [1.54, 1.807) is 7.11 Å². The molecule has 0 aromatic rings. The van der Waals surface area contributed by atoms with Crippen LogP contribution in [0, 0.1) is 0 Å². The van der Waals surface area contributed by atoms with E-state index in [2.05, 4.69) is 17.6 Å². The van der Waals surface area contributed by atoms with Gasteiger partial charge >= 0.3 is 0 Å². The van der Waals surface area contributed by atoms with Crippen molar-refractivity contribution < 1.29 is 4.43 Å². The summed E-state index contributed by atoms with van der Waals surface area (Å²) < 4.78 is 5.25. The second-order valence-electron chi connectivity index (χ2n) is 2.05. The molecule has 0 fully saturated rings. The first-order valence-corrected chi connectivity index (χ1v) is 8.69. The molecule has 0 saturated heterocycles. The molecule has 0 rings (SSSR count). The van der Waals surface area contributed by atoms with Gasteiger partial charge in [0.2, 0.25) is 7.65 Å². The average Bonchev–Trinajstić information content (AvgIpc) is 1.84. The molecule has 0 radical (unpaired) electrons. The molecule has 0 bridgehead atoms. The molecular weight excluding hydrogens is 168 g/mol. The van der Waals surface area contributed by atoms with E-state index < -0.39 is 7.65 Å². The quantitative estimate of drug-likeness (QED) is 0.513. The van der Waals surface area contributed by atoms with Gasteiger partial charge in [-0.25, -0.2) is 0 Å². The van der Waals surface area contributed by atoms with Crippen molar-refractivity contribution in [3.8, 4) is 0 Å². The predicted molar refractivity (Wildman–Crippen MR) is 50.7 cm³/mol. The highest BCUT2D eigenvalue weighted by Gasteiger charge is 2.19. The van der Waals surface area contributed by atoms with Crippen LogP contribution in [0.2, 0.25) is 6.04 Å². The third kappa shape index (κ3) is 5.44. The molecule has 5 heteroatoms. The minimum atomic E-state index is -1.44. The van der Waals surface area contributed by atoms with Crippen LogP contribution in [-0.4, -0.2) is 21.3 Å². The largest absolute Gasteiger partial charge is 0.413 e. The maximum absolute atomic E-state index is 5.34. The van der Waals surface area contributed by atoms with Crippen LogP contribution in [0.1, 0.15) is 6.42 Å². The number of nitrogens with two attached hydrogens (primary N) is 1. The summed E-state index contributed by atoms with van der Waals surface area (Å²) in [7, 11) is 5.84. The third-order valence-corrected chi connectivity index (χ3v) is 6.19. The first-order valence-electron chi connectivity index (χ1n) is 2.95. The van der Waals surface area contributed by atoms with E-state index in [9.17, 15) is 0 Å². The van der Waals surface area contributed by atoms with E-state index in [0.717, 1.165) is 19.0 Å². The molecule has 0 aliphatic carbocycles. The van der Waals surface area contributed by atoms with Crippen LogP contribution in [-0.2, 0) is 4.43 Å². The van der Waals surface area contributed by atoms with Crippen LogP contribution in [0.5, 0.6) is 0 Å². The summed E-state index contributed by atoms with van der Waals surface area (Å²) in [6.07, 6.45) is 1.06. The number of hydrogen-bond acceptors (Lipinski definition) is 2. The number of rotatable bonds is 4. The van der Waals surface area contributed by atoms with E-state index in [0.29, 0.717) is 0 Å². The molecule has 0 aromatic carbocycles. The van der Waals surface area contributed by atoms with E-state index in [4.69, 9.17) is 10.2 Å². The second-order valence-corrected chi connectivity index (χ2v) is 12.7. The van der Waals surface area contributed by atoms with Gasteiger partial charge in [-0.1, -0.05) is 0 Å². The van der Waals surface area contributed by atoms with Crippen LogP contribution >= 0.6 is 17.6 Å². The van der Waals surface area contributed by atoms with Gasteiger partial charge in [-0.05, 0) is 19.0 Å². The Kier molecular flexibility index (Phi) is 5.28. The van der Waals surface area contributed by atoms with Crippen molar-refractivity contribution in [2.45, 2.75) is 12.5 Å². The van der Waals surface area contributed by atoms with Gasteiger partial charge in [-0.15, -0.1) is 17.6 Å². The Labute approximate surface area is 62.2 Å². The van der Waals surface area contributed by atoms with Crippen molar-refractivity contribution in [2.24, 2.45) is 5.73 Å². The summed E-state index contributed by atoms with van der Waals surface area (Å²) >= 11 is 0. The topological polar surface area (TPSA) is 35.2 Å². The fraction of sp³-hybridized carbons (Fsp3) is 1.00. The van der Waals surface area contributed by atoms with E-state index in [-0.39, 0.29) is 0 Å². The molecule has 0 aromatic heterocycles. The molecule has 2 N–H and O–H groups in total. The lowest BCUT2D eigenvalue weighted by molar-refractivity contribution is 0.428. The molecule has 9 heavy (non-hydrogen) atoms. The smallest absolute Gasteiger partial charge is 0.230 e. The highest BCUT2D eigenvalue weighted by Crippen LogP contribution is 2.26. The first-order chi connectivity index (χ1) is 4.12. The first kappa shape index (κ1) is 10.00. The van der Waals surface area contributed by atoms with Gasteiger partial charge in [-0.2, -0.15) is 0 Å². The van der Waals surface area contributed by atoms with Crippen LogP contribution in [0.3, 0.4) is 0 Å². The Bertz CT molecular complexity index is 81.0. The molecule has 0 heterocycles. The maximum Gasteiger partial charge on any atom is 0.230 e. The summed E-state index contributed by atoms with van der Waals surface area (Å²) in [4.78, 5) is 0. The van der Waals surface area contributed by atoms with E-state index in [1.165, 1.54) is 0 Å². The second kappa shape index (κ2) is 4.76. The van der Waals surface area contributed by atoms with Gasteiger partial charge in [0.25, 0.3) is 0 Å². The maximum atomic E-state index is 5.34. The van der Waals surface area contributed by atoms with Crippen LogP contribution in [0.15, 0.2) is 0 Å². The van der Waals surface area contributed by atoms with E-state index in [1.807, 2.05) is 0 Å². The predicted octanol–water partition coefficient (Wildman–Crippen LogP) is 0.671. The minimum Gasteiger partial charge on any atom is -0.413 e. The Morgan fingerprint density at radius 3 is 2.44 bits per heavy atom. The summed E-state index contributed by atoms with van der Waals surface area (Å²) in [6.45, 7) is 0.765. The Hall–Kier alpha value is 0.997. The van der Waals surface area contributed by atoms with Crippen LogP contribution in [0.25, 0.3) is 0 Å². The zero-order chi connectivity index (χ0) is 7.33. The highest BCUT2D eigenvalue weighted by atomic mass is 31.6. The zero-order valence-corrected chi connectivity index (χ0v) is 9.07. The normalized spacial score (nSPS) is 12.0. The van der Waals surface area contributed by atoms with Gasteiger partial charge in [0.05, 0.1) is 0 Å². The fourth-order valence-corrected chi connectivity index (χ4v) is 2.67. The molecule has 0 amide bonds. The lowest BCUT2D eigenvalue weighted by atomic mass is 10.5. The van der Waals surface area contributed by atoms with Gasteiger partial charge in [-0.3, -0.25) is 0 Å². The zero-order valence-electron chi connectivity index (χ0n) is 5.76. The Morgan fingerprint density at radius 2 is 2.11 bits per heavy atom. The Balaban J connectivity index is 3.33. The summed E-state index contributed by atoms with van der Waals surface area (Å²) in [5.74, 6) is 0. The summed E-state index contributed by atoms with van der Waals surface area (Å²) in [6, 6.07) is 1.11. The SMILES string of the molecule is CO[Si](P)(P)CCCN. The minimum absolute atomic E-state index is 0.765. The summed E-state index contributed by atoms with van der Waals surface area (Å²) in [5, 5.41) is 0. The molecule has 0 saturated carbocycles. The van der Waals surface area contributed by atoms with Crippen molar-refractivity contribution >= 4 is 25.2 Å². The van der Waals surface area contributed by atoms with E-state index >= 15 is 0 Å². The molecule has 0 aliphatic rings. The lowest BCUT2D eigenvalue weighted by Crippen LogP contribution is -2.21. The monoisotopic (exact) mass is 183 g/mol. The van der Waals surface area contributed by atoms with Crippen molar-refractivity contribution in [1.82, 2.24) is 0 Å². The number of hydrogen-bond donors (Lipinski definition) is 1. The molecule has 2 atom stereocenters. The molecule has 56 valence electrons. The molecule has 2 nitrogen and oxygen atoms in total. The average molecular weight is 183 g/mol. The molecule has 0 spiro atoms. The molecular formula is C4H15NOP2Si. The molecule has 2 unspecified atom stereocenters. The fourth-order valence-electron chi connectivity index (χ4n) is 0.480. The van der Waals surface area contributed by atoms with Crippen molar-refractivity contribution in [2.75, 3.05) is 13.7 Å². The summed E-state index contributed by atoms with van der Waals surface area (Å²) in [5.41, 5.74) is 5.34. The lowest BCUT2D eigenvalue weighted by Gasteiger charge is -2.17. The highest BCUT2D eigenvalue weighted by molar-refractivity contribution is 7.98. The van der Waals surface area contributed by atoms with Gasteiger partial charge < -0.3 is 10.2 Å². The van der Waals surface area contributed by atoms with Crippen LogP contribution in [0.4, 0.5) is 0 Å². The Morgan fingerprint density at radius 1 is 1.56 bits per heavy atom. The van der Waals surface area contributed by atoms with Gasteiger partial charge in [0, 0.05) is 7.11 Å². The standard InChI is InChI=1S/C4H15NOP2Si/c1-6-9(7,8)4-2-3-5/h2-5,7-8H2,1H3. The van der Waals surface area contributed by atoms with Crippen molar-refractivity contribution in [3.63, 3.8) is 0 Å². The van der Waals surface area contributed by atoms with Gasteiger partial charge in [0.1, 0.15) is 0 Å². The van der Waals surface area contributed by atoms with Crippen molar-refractivity contribution in [1.29, 1.82) is 0 Å². The molecule has 0 aliphatic heterocycles. The van der Waals surface area contributed by atoms with Crippen molar-refractivity contribution in [3.05, 3.63) is 0 Å².